The number of benzene rings is 1. The van der Waals surface area contributed by atoms with Gasteiger partial charge in [0.1, 0.15) is 0 Å². The quantitative estimate of drug-likeness (QED) is 0.910. The molecule has 1 saturated heterocycles. The molecule has 0 amide bonds. The van der Waals surface area contributed by atoms with Crippen LogP contribution in [0.1, 0.15) is 37.4 Å². The standard InChI is InChI=1S/C13H19N.C4H10N2/c1-5-13(14-4)12-8-6-7-11(9-12)10(2)3;1-5-3-6(2)4-5/h6-9,13-14H,2,5H2,1,3-4H3;3-4H2,1-2H3. The van der Waals surface area contributed by atoms with E-state index in [1.165, 1.54) is 11.1 Å². The molecule has 0 saturated carbocycles. The SMILES string of the molecule is C=C(C)c1cccc(C(CC)NC)c1.CN1CN(C)C1. The van der Waals surface area contributed by atoms with Crippen molar-refractivity contribution in [2.45, 2.75) is 26.3 Å². The maximum atomic E-state index is 3.96. The molecule has 1 unspecified atom stereocenters. The molecule has 0 radical (unpaired) electrons. The smallest absolute Gasteiger partial charge is 0.0523 e. The van der Waals surface area contributed by atoms with Crippen molar-refractivity contribution >= 4 is 5.57 Å². The second kappa shape index (κ2) is 8.20. The van der Waals surface area contributed by atoms with Gasteiger partial charge in [0.05, 0.1) is 13.3 Å². The normalized spacial score (nSPS) is 16.9. The molecule has 1 fully saturated rings. The molecule has 1 aliphatic heterocycles. The molecule has 0 bridgehead atoms. The average Bonchev–Trinajstić information content (AvgIpc) is 2.40. The van der Waals surface area contributed by atoms with E-state index in [9.17, 15) is 0 Å². The van der Waals surface area contributed by atoms with Crippen LogP contribution in [0.2, 0.25) is 0 Å². The molecular weight excluding hydrogens is 246 g/mol. The third kappa shape index (κ3) is 5.08. The maximum Gasteiger partial charge on any atom is 0.0523 e. The Morgan fingerprint density at radius 3 is 2.25 bits per heavy atom. The highest BCUT2D eigenvalue weighted by Crippen LogP contribution is 2.20. The summed E-state index contributed by atoms with van der Waals surface area (Å²) in [6.45, 7) is 10.5. The van der Waals surface area contributed by atoms with E-state index in [4.69, 9.17) is 0 Å². The molecule has 1 aliphatic rings. The minimum atomic E-state index is 0.453. The van der Waals surface area contributed by atoms with Crippen LogP contribution in [0.15, 0.2) is 30.8 Å². The summed E-state index contributed by atoms with van der Waals surface area (Å²) in [5.74, 6) is 0. The molecule has 0 aliphatic carbocycles. The topological polar surface area (TPSA) is 18.5 Å². The summed E-state index contributed by atoms with van der Waals surface area (Å²) >= 11 is 0. The molecule has 3 heteroatoms. The Bertz CT molecular complexity index is 412. The lowest BCUT2D eigenvalue weighted by molar-refractivity contribution is 0.0149. The van der Waals surface area contributed by atoms with E-state index in [1.54, 1.807) is 0 Å². The van der Waals surface area contributed by atoms with Gasteiger partial charge in [0.15, 0.2) is 0 Å². The van der Waals surface area contributed by atoms with Gasteiger partial charge in [0, 0.05) is 6.04 Å². The van der Waals surface area contributed by atoms with Crippen LogP contribution < -0.4 is 5.32 Å². The molecule has 1 aromatic rings. The fourth-order valence-corrected chi connectivity index (χ4v) is 2.41. The van der Waals surface area contributed by atoms with Crippen molar-refractivity contribution in [1.29, 1.82) is 0 Å². The third-order valence-corrected chi connectivity index (χ3v) is 3.50. The van der Waals surface area contributed by atoms with Crippen LogP contribution in [-0.4, -0.2) is 44.3 Å². The summed E-state index contributed by atoms with van der Waals surface area (Å²) < 4.78 is 0. The minimum Gasteiger partial charge on any atom is -0.313 e. The fraction of sp³-hybridized carbons (Fsp3) is 0.529. The van der Waals surface area contributed by atoms with Gasteiger partial charge in [0.25, 0.3) is 0 Å². The minimum absolute atomic E-state index is 0.453. The van der Waals surface area contributed by atoms with Gasteiger partial charge >= 0.3 is 0 Å². The summed E-state index contributed by atoms with van der Waals surface area (Å²) in [6, 6.07) is 9.03. The zero-order chi connectivity index (χ0) is 15.1. The summed E-state index contributed by atoms with van der Waals surface area (Å²) in [4.78, 5) is 4.50. The lowest BCUT2D eigenvalue weighted by Gasteiger charge is -2.36. The average molecular weight is 275 g/mol. The van der Waals surface area contributed by atoms with E-state index in [2.05, 4.69) is 67.0 Å². The number of rotatable bonds is 4. The van der Waals surface area contributed by atoms with Crippen molar-refractivity contribution in [3.8, 4) is 0 Å². The van der Waals surface area contributed by atoms with Crippen molar-refractivity contribution in [2.75, 3.05) is 34.5 Å². The Hall–Kier alpha value is -1.16. The highest BCUT2D eigenvalue weighted by atomic mass is 15.5. The molecule has 20 heavy (non-hydrogen) atoms. The van der Waals surface area contributed by atoms with Crippen molar-refractivity contribution < 1.29 is 0 Å². The van der Waals surface area contributed by atoms with Crippen molar-refractivity contribution in [2.24, 2.45) is 0 Å². The van der Waals surface area contributed by atoms with Gasteiger partial charge in [-0.1, -0.05) is 37.3 Å². The molecule has 1 aromatic carbocycles. The number of allylic oxidation sites excluding steroid dienone is 1. The first kappa shape index (κ1) is 16.9. The first-order valence-corrected chi connectivity index (χ1v) is 7.28. The number of hydrogen-bond donors (Lipinski definition) is 1. The van der Waals surface area contributed by atoms with Gasteiger partial charge in [-0.05, 0) is 51.7 Å². The van der Waals surface area contributed by atoms with Crippen LogP contribution >= 0.6 is 0 Å². The highest BCUT2D eigenvalue weighted by molar-refractivity contribution is 5.61. The Balaban J connectivity index is 0.000000276. The fourth-order valence-electron chi connectivity index (χ4n) is 2.41. The molecule has 1 N–H and O–H groups in total. The molecule has 3 nitrogen and oxygen atoms in total. The van der Waals surface area contributed by atoms with Gasteiger partial charge in [-0.3, -0.25) is 9.80 Å². The molecule has 0 aromatic heterocycles. The van der Waals surface area contributed by atoms with Crippen LogP contribution in [0, 0.1) is 0 Å². The Morgan fingerprint density at radius 1 is 1.30 bits per heavy atom. The van der Waals surface area contributed by atoms with Crippen LogP contribution in [0.25, 0.3) is 5.57 Å². The predicted octanol–water partition coefficient (Wildman–Crippen LogP) is 3.17. The zero-order valence-corrected chi connectivity index (χ0v) is 13.6. The first-order valence-electron chi connectivity index (χ1n) is 7.28. The van der Waals surface area contributed by atoms with E-state index < -0.39 is 0 Å². The summed E-state index contributed by atoms with van der Waals surface area (Å²) in [5, 5.41) is 3.30. The van der Waals surface area contributed by atoms with Crippen molar-refractivity contribution in [3.63, 3.8) is 0 Å². The van der Waals surface area contributed by atoms with Crippen molar-refractivity contribution in [3.05, 3.63) is 42.0 Å². The van der Waals surface area contributed by atoms with Crippen LogP contribution in [0.3, 0.4) is 0 Å². The molecule has 1 heterocycles. The van der Waals surface area contributed by atoms with E-state index in [0.717, 1.165) is 25.3 Å². The summed E-state index contributed by atoms with van der Waals surface area (Å²) in [6.07, 6.45) is 1.11. The molecular formula is C17H29N3. The van der Waals surface area contributed by atoms with Gasteiger partial charge in [-0.25, -0.2) is 0 Å². The Morgan fingerprint density at radius 2 is 1.90 bits per heavy atom. The Labute approximate surface area is 124 Å². The van der Waals surface area contributed by atoms with Crippen molar-refractivity contribution in [1.82, 2.24) is 15.1 Å². The van der Waals surface area contributed by atoms with E-state index in [-0.39, 0.29) is 0 Å². The first-order chi connectivity index (χ1) is 9.47. The van der Waals surface area contributed by atoms with Crippen LogP contribution in [0.5, 0.6) is 0 Å². The van der Waals surface area contributed by atoms with Gasteiger partial charge < -0.3 is 5.32 Å². The number of nitrogens with one attached hydrogen (secondary N) is 1. The largest absolute Gasteiger partial charge is 0.313 e. The number of hydrogen-bond acceptors (Lipinski definition) is 3. The molecule has 112 valence electrons. The second-order valence-electron chi connectivity index (χ2n) is 5.65. The van der Waals surface area contributed by atoms with Crippen LogP contribution in [0.4, 0.5) is 0 Å². The zero-order valence-electron chi connectivity index (χ0n) is 13.6. The third-order valence-electron chi connectivity index (χ3n) is 3.50. The molecule has 1 atom stereocenters. The Kier molecular flexibility index (Phi) is 6.93. The van der Waals surface area contributed by atoms with E-state index in [0.29, 0.717) is 6.04 Å². The highest BCUT2D eigenvalue weighted by Gasteiger charge is 2.12. The molecule has 0 spiro atoms. The van der Waals surface area contributed by atoms with Gasteiger partial charge in [0.2, 0.25) is 0 Å². The lowest BCUT2D eigenvalue weighted by Crippen LogP contribution is -2.50. The van der Waals surface area contributed by atoms with E-state index in [1.807, 2.05) is 14.0 Å². The molecule has 2 rings (SSSR count). The second-order valence-corrected chi connectivity index (χ2v) is 5.65. The van der Waals surface area contributed by atoms with Gasteiger partial charge in [-0.2, -0.15) is 0 Å². The maximum absolute atomic E-state index is 3.96. The number of nitrogens with zero attached hydrogens (tertiary/aromatic N) is 2. The van der Waals surface area contributed by atoms with E-state index >= 15 is 0 Å². The predicted molar refractivity (Wildman–Crippen MR) is 88.5 cm³/mol. The summed E-state index contributed by atoms with van der Waals surface area (Å²) in [5.41, 5.74) is 3.70. The van der Waals surface area contributed by atoms with Gasteiger partial charge in [-0.15, -0.1) is 0 Å². The lowest BCUT2D eigenvalue weighted by atomic mass is 10.00. The monoisotopic (exact) mass is 275 g/mol. The van der Waals surface area contributed by atoms with Crippen LogP contribution in [-0.2, 0) is 0 Å². The summed E-state index contributed by atoms with van der Waals surface area (Å²) in [7, 11) is 6.22.